The van der Waals surface area contributed by atoms with Gasteiger partial charge in [-0.05, 0) is 31.5 Å². The first-order valence-corrected chi connectivity index (χ1v) is 8.66. The molecule has 0 aliphatic heterocycles. The maximum Gasteiger partial charge on any atom is 0.339 e. The summed E-state index contributed by atoms with van der Waals surface area (Å²) in [5.41, 5.74) is 1.20. The normalized spacial score (nSPS) is 10.7. The molecule has 3 aromatic rings. The highest BCUT2D eigenvalue weighted by atomic mass is 32.1. The molecule has 0 fully saturated rings. The second-order valence-corrected chi connectivity index (χ2v) is 6.93. The Morgan fingerprint density at radius 1 is 1.27 bits per heavy atom. The third-order valence-electron chi connectivity index (χ3n) is 4.08. The molecule has 1 amide bonds. The van der Waals surface area contributed by atoms with Gasteiger partial charge < -0.3 is 10.1 Å². The number of methoxy groups -OCH3 is 1. The Hall–Kier alpha value is -3.00. The fourth-order valence-electron chi connectivity index (χ4n) is 2.61. The molecule has 8 heteroatoms. The third-order valence-corrected chi connectivity index (χ3v) is 5.19. The molecular formula is C18H17N3O4S. The molecule has 0 spiro atoms. The van der Waals surface area contributed by atoms with Crippen molar-refractivity contribution >= 4 is 39.1 Å². The first-order valence-electron chi connectivity index (χ1n) is 7.84. The number of fused-ring (bicyclic) bond motifs is 1. The number of carbonyl (C=O) groups is 2. The molecule has 0 atom stereocenters. The predicted octanol–water partition coefficient (Wildman–Crippen LogP) is 2.50. The van der Waals surface area contributed by atoms with Crippen LogP contribution in [-0.4, -0.2) is 28.5 Å². The number of hydrogen-bond acceptors (Lipinski definition) is 6. The van der Waals surface area contributed by atoms with E-state index in [-0.39, 0.29) is 17.7 Å². The Kier molecular flexibility index (Phi) is 4.85. The fourth-order valence-corrected chi connectivity index (χ4v) is 3.59. The molecule has 1 aromatic carbocycles. The van der Waals surface area contributed by atoms with Crippen LogP contribution in [0.5, 0.6) is 0 Å². The minimum Gasteiger partial charge on any atom is -0.465 e. The van der Waals surface area contributed by atoms with Crippen LogP contribution in [0, 0.1) is 13.8 Å². The first-order chi connectivity index (χ1) is 12.4. The van der Waals surface area contributed by atoms with E-state index in [2.05, 4.69) is 10.3 Å². The van der Waals surface area contributed by atoms with E-state index in [1.54, 1.807) is 24.3 Å². The zero-order valence-corrected chi connectivity index (χ0v) is 15.3. The molecule has 7 nitrogen and oxygen atoms in total. The Morgan fingerprint density at radius 2 is 2.00 bits per heavy atom. The van der Waals surface area contributed by atoms with Gasteiger partial charge >= 0.3 is 5.97 Å². The molecular weight excluding hydrogens is 354 g/mol. The Labute approximate surface area is 153 Å². The van der Waals surface area contributed by atoms with E-state index in [4.69, 9.17) is 4.74 Å². The number of para-hydroxylation sites is 1. The van der Waals surface area contributed by atoms with Crippen LogP contribution in [0.3, 0.4) is 0 Å². The minimum absolute atomic E-state index is 0.203. The van der Waals surface area contributed by atoms with E-state index in [9.17, 15) is 14.4 Å². The molecule has 1 N–H and O–H groups in total. The molecule has 0 saturated heterocycles. The number of amides is 1. The zero-order valence-electron chi connectivity index (χ0n) is 14.5. The molecule has 0 aliphatic rings. The highest BCUT2D eigenvalue weighted by Crippen LogP contribution is 2.25. The van der Waals surface area contributed by atoms with E-state index in [0.717, 1.165) is 10.4 Å². The summed E-state index contributed by atoms with van der Waals surface area (Å²) < 4.78 is 5.97. The lowest BCUT2D eigenvalue weighted by molar-refractivity contribution is -0.116. The molecule has 0 bridgehead atoms. The number of nitrogens with zero attached hydrogens (tertiary/aromatic N) is 2. The number of aryl methyl sites for hydroxylation is 2. The second kappa shape index (κ2) is 7.09. The summed E-state index contributed by atoms with van der Waals surface area (Å²) in [5.74, 6) is -0.986. The van der Waals surface area contributed by atoms with Gasteiger partial charge in [0.25, 0.3) is 5.56 Å². The van der Waals surface area contributed by atoms with Crippen molar-refractivity contribution in [3.05, 3.63) is 57.0 Å². The van der Waals surface area contributed by atoms with Crippen molar-refractivity contribution in [2.24, 2.45) is 0 Å². The summed E-state index contributed by atoms with van der Waals surface area (Å²) in [5, 5.41) is 3.18. The molecule has 0 unspecified atom stereocenters. The summed E-state index contributed by atoms with van der Waals surface area (Å²) in [4.78, 5) is 42.8. The van der Waals surface area contributed by atoms with Crippen LogP contribution in [0.4, 0.5) is 5.69 Å². The molecule has 0 saturated carbocycles. The number of anilines is 1. The Balaban J connectivity index is 1.87. The number of nitrogens with one attached hydrogen (secondary N) is 1. The lowest BCUT2D eigenvalue weighted by atomic mass is 10.2. The molecule has 3 rings (SSSR count). The zero-order chi connectivity index (χ0) is 18.8. The van der Waals surface area contributed by atoms with E-state index < -0.39 is 11.9 Å². The van der Waals surface area contributed by atoms with E-state index in [0.29, 0.717) is 15.9 Å². The number of ether oxygens (including phenoxy) is 1. The van der Waals surface area contributed by atoms with Gasteiger partial charge in [-0.1, -0.05) is 12.1 Å². The van der Waals surface area contributed by atoms with Crippen molar-refractivity contribution in [1.29, 1.82) is 0 Å². The lowest BCUT2D eigenvalue weighted by Gasteiger charge is -2.10. The standard InChI is InChI=1S/C18H17N3O4S/c1-10-11(2)26-16-15(10)17(23)21(9-19-16)8-14(22)20-13-7-5-4-6-12(13)18(24)25-3/h4-7,9H,8H2,1-3H3,(H,20,22). The Morgan fingerprint density at radius 3 is 2.73 bits per heavy atom. The van der Waals surface area contributed by atoms with Gasteiger partial charge in [0.1, 0.15) is 11.4 Å². The van der Waals surface area contributed by atoms with Crippen molar-refractivity contribution in [3.63, 3.8) is 0 Å². The maximum absolute atomic E-state index is 12.6. The van der Waals surface area contributed by atoms with Gasteiger partial charge in [0, 0.05) is 4.88 Å². The van der Waals surface area contributed by atoms with Gasteiger partial charge in [-0.2, -0.15) is 0 Å². The van der Waals surface area contributed by atoms with Crippen LogP contribution in [-0.2, 0) is 16.1 Å². The largest absolute Gasteiger partial charge is 0.465 e. The fraction of sp³-hybridized carbons (Fsp3) is 0.222. The Bertz CT molecular complexity index is 1070. The van der Waals surface area contributed by atoms with E-state index in [1.807, 2.05) is 13.8 Å². The van der Waals surface area contributed by atoms with E-state index >= 15 is 0 Å². The summed E-state index contributed by atoms with van der Waals surface area (Å²) in [6, 6.07) is 6.52. The number of thiophene rings is 1. The summed E-state index contributed by atoms with van der Waals surface area (Å²) in [6.45, 7) is 3.60. The average Bonchev–Trinajstić information content (AvgIpc) is 2.92. The quantitative estimate of drug-likeness (QED) is 0.712. The van der Waals surface area contributed by atoms with Crippen molar-refractivity contribution < 1.29 is 14.3 Å². The molecule has 26 heavy (non-hydrogen) atoms. The van der Waals surface area contributed by atoms with Crippen molar-refractivity contribution in [1.82, 2.24) is 9.55 Å². The van der Waals surface area contributed by atoms with Crippen molar-refractivity contribution in [2.45, 2.75) is 20.4 Å². The highest BCUT2D eigenvalue weighted by molar-refractivity contribution is 7.18. The van der Waals surface area contributed by atoms with Gasteiger partial charge in [0.05, 0.1) is 30.1 Å². The summed E-state index contributed by atoms with van der Waals surface area (Å²) >= 11 is 1.45. The summed E-state index contributed by atoms with van der Waals surface area (Å²) in [7, 11) is 1.27. The van der Waals surface area contributed by atoms with Gasteiger partial charge in [-0.25, -0.2) is 9.78 Å². The number of rotatable bonds is 4. The van der Waals surface area contributed by atoms with Crippen molar-refractivity contribution in [3.8, 4) is 0 Å². The van der Waals surface area contributed by atoms with Crippen LogP contribution in [0.2, 0.25) is 0 Å². The van der Waals surface area contributed by atoms with Crippen LogP contribution in [0.1, 0.15) is 20.8 Å². The average molecular weight is 371 g/mol. The first kappa shape index (κ1) is 17.8. The number of hydrogen-bond donors (Lipinski definition) is 1. The third kappa shape index (κ3) is 3.23. The topological polar surface area (TPSA) is 90.3 Å². The maximum atomic E-state index is 12.6. The monoisotopic (exact) mass is 371 g/mol. The van der Waals surface area contributed by atoms with Crippen LogP contribution in [0.25, 0.3) is 10.2 Å². The smallest absolute Gasteiger partial charge is 0.339 e. The molecule has 134 valence electrons. The lowest BCUT2D eigenvalue weighted by Crippen LogP contribution is -2.28. The number of esters is 1. The predicted molar refractivity (Wildman–Crippen MR) is 99.8 cm³/mol. The van der Waals surface area contributed by atoms with Gasteiger partial charge in [0.2, 0.25) is 5.91 Å². The SMILES string of the molecule is COC(=O)c1ccccc1NC(=O)Cn1cnc2sc(C)c(C)c2c1=O. The molecule has 2 heterocycles. The van der Waals surface area contributed by atoms with Crippen LogP contribution in [0.15, 0.2) is 35.4 Å². The van der Waals surface area contributed by atoms with Crippen LogP contribution < -0.4 is 10.9 Å². The molecule has 2 aromatic heterocycles. The van der Waals surface area contributed by atoms with Crippen LogP contribution >= 0.6 is 11.3 Å². The van der Waals surface area contributed by atoms with Gasteiger partial charge in [0.15, 0.2) is 0 Å². The van der Waals surface area contributed by atoms with Gasteiger partial charge in [-0.3, -0.25) is 14.2 Å². The number of benzene rings is 1. The van der Waals surface area contributed by atoms with Gasteiger partial charge in [-0.15, -0.1) is 11.3 Å². The molecule has 0 aliphatic carbocycles. The van der Waals surface area contributed by atoms with E-state index in [1.165, 1.54) is 29.3 Å². The summed E-state index contributed by atoms with van der Waals surface area (Å²) in [6.07, 6.45) is 1.37. The number of carbonyl (C=O) groups excluding carboxylic acids is 2. The second-order valence-electron chi connectivity index (χ2n) is 5.73. The molecule has 0 radical (unpaired) electrons. The number of aromatic nitrogens is 2. The highest BCUT2D eigenvalue weighted by Gasteiger charge is 2.16. The van der Waals surface area contributed by atoms with Crippen molar-refractivity contribution in [2.75, 3.05) is 12.4 Å². The minimum atomic E-state index is -0.550.